The zero-order chi connectivity index (χ0) is 5.98. The van der Waals surface area contributed by atoms with Crippen molar-refractivity contribution in [3.05, 3.63) is 17.0 Å². The van der Waals surface area contributed by atoms with Crippen LogP contribution in [0.1, 0.15) is 4.88 Å². The van der Waals surface area contributed by atoms with Gasteiger partial charge in [0.05, 0.1) is 16.4 Å². The van der Waals surface area contributed by atoms with Crippen LogP contribution in [0, 0.1) is 6.92 Å². The summed E-state index contributed by atoms with van der Waals surface area (Å²) in [5, 5.41) is 0. The van der Waals surface area contributed by atoms with Crippen LogP contribution in [0.3, 0.4) is 0 Å². The standard InChI is InChI=1S/C5H5FS2/c1-4-2-3-5(7-4)8-6/h2-3H,1H3. The lowest BCUT2D eigenvalue weighted by Gasteiger charge is -1.75. The highest BCUT2D eigenvalue weighted by atomic mass is 32.2. The fraction of sp³-hybridized carbons (Fsp3) is 0.200. The molecule has 0 fully saturated rings. The summed E-state index contributed by atoms with van der Waals surface area (Å²) in [4.78, 5) is 1.16. The molecule has 0 amide bonds. The second kappa shape index (κ2) is 2.51. The van der Waals surface area contributed by atoms with Crippen LogP contribution in [0.2, 0.25) is 0 Å². The van der Waals surface area contributed by atoms with Crippen LogP contribution in [-0.2, 0) is 0 Å². The molecule has 44 valence electrons. The van der Waals surface area contributed by atoms with Gasteiger partial charge in [-0.25, -0.2) is 0 Å². The van der Waals surface area contributed by atoms with Gasteiger partial charge in [-0.1, -0.05) is 0 Å². The van der Waals surface area contributed by atoms with Crippen LogP contribution in [-0.4, -0.2) is 0 Å². The van der Waals surface area contributed by atoms with E-state index < -0.39 is 0 Å². The highest BCUT2D eigenvalue weighted by Crippen LogP contribution is 2.26. The number of rotatable bonds is 1. The molecule has 0 unspecified atom stereocenters. The molecule has 0 aliphatic rings. The summed E-state index contributed by atoms with van der Waals surface area (Å²) in [6.45, 7) is 1.96. The van der Waals surface area contributed by atoms with Gasteiger partial charge >= 0.3 is 0 Å². The number of hydrogen-bond donors (Lipinski definition) is 0. The summed E-state index contributed by atoms with van der Waals surface area (Å²) in [5.41, 5.74) is 0. The predicted molar refractivity (Wildman–Crippen MR) is 36.0 cm³/mol. The Labute approximate surface area is 56.0 Å². The van der Waals surface area contributed by atoms with E-state index in [1.165, 1.54) is 11.3 Å². The van der Waals surface area contributed by atoms with Gasteiger partial charge in [-0.3, -0.25) is 0 Å². The van der Waals surface area contributed by atoms with Crippen molar-refractivity contribution in [3.8, 4) is 0 Å². The highest BCUT2D eigenvalue weighted by Gasteiger charge is 1.93. The van der Waals surface area contributed by atoms with Crippen LogP contribution in [0.25, 0.3) is 0 Å². The molecule has 8 heavy (non-hydrogen) atoms. The third-order valence-corrected chi connectivity index (χ3v) is 2.31. The first-order valence-corrected chi connectivity index (χ1v) is 3.71. The molecule has 0 bridgehead atoms. The Balaban J connectivity index is 2.84. The Morgan fingerprint density at radius 1 is 1.62 bits per heavy atom. The van der Waals surface area contributed by atoms with Gasteiger partial charge in [0.1, 0.15) is 0 Å². The van der Waals surface area contributed by atoms with Crippen LogP contribution in [0.4, 0.5) is 3.89 Å². The van der Waals surface area contributed by atoms with Gasteiger partial charge in [0.15, 0.2) is 0 Å². The minimum Gasteiger partial charge on any atom is -0.159 e. The van der Waals surface area contributed by atoms with E-state index in [9.17, 15) is 3.89 Å². The fourth-order valence-electron chi connectivity index (χ4n) is 0.454. The maximum atomic E-state index is 11.7. The maximum absolute atomic E-state index is 11.7. The van der Waals surface area contributed by atoms with Gasteiger partial charge < -0.3 is 0 Å². The van der Waals surface area contributed by atoms with E-state index in [4.69, 9.17) is 0 Å². The molecule has 0 aromatic carbocycles. The molecule has 1 aromatic rings. The molecular formula is C5H5FS2. The minimum absolute atomic E-state index is 0.308. The molecule has 0 saturated heterocycles. The molecule has 0 N–H and O–H groups in total. The number of halogens is 1. The predicted octanol–water partition coefficient (Wildman–Crippen LogP) is 3.03. The normalized spacial score (nSPS) is 9.75. The highest BCUT2D eigenvalue weighted by molar-refractivity contribution is 7.96. The van der Waals surface area contributed by atoms with Crippen molar-refractivity contribution in [3.63, 3.8) is 0 Å². The molecule has 0 aliphatic heterocycles. The molecule has 1 rings (SSSR count). The molecule has 1 heterocycles. The van der Waals surface area contributed by atoms with E-state index in [0.29, 0.717) is 12.1 Å². The molecular weight excluding hydrogens is 143 g/mol. The summed E-state index contributed by atoms with van der Waals surface area (Å²) in [6, 6.07) is 3.69. The van der Waals surface area contributed by atoms with Crippen LogP contribution in [0.15, 0.2) is 16.3 Å². The number of thiophene rings is 1. The van der Waals surface area contributed by atoms with Gasteiger partial charge in [0, 0.05) is 4.88 Å². The number of hydrogen-bond acceptors (Lipinski definition) is 2. The van der Waals surface area contributed by atoms with E-state index in [1.54, 1.807) is 6.07 Å². The average Bonchev–Trinajstić information content (AvgIpc) is 2.14. The van der Waals surface area contributed by atoms with Gasteiger partial charge in [-0.15, -0.1) is 11.3 Å². The summed E-state index contributed by atoms with van der Waals surface area (Å²) >= 11 is 1.78. The Morgan fingerprint density at radius 3 is 2.62 bits per heavy atom. The largest absolute Gasteiger partial charge is 0.159 e. The summed E-state index contributed by atoms with van der Waals surface area (Å²) in [5.74, 6) is 0. The molecule has 0 nitrogen and oxygen atoms in total. The Hall–Kier alpha value is -0.0200. The molecule has 0 spiro atoms. The monoisotopic (exact) mass is 148 g/mol. The first-order valence-electron chi connectivity index (χ1n) is 2.18. The maximum Gasteiger partial charge on any atom is 0.0933 e. The van der Waals surface area contributed by atoms with Crippen LogP contribution < -0.4 is 0 Å². The van der Waals surface area contributed by atoms with E-state index in [-0.39, 0.29) is 0 Å². The van der Waals surface area contributed by atoms with Crippen molar-refractivity contribution >= 4 is 23.5 Å². The Bertz CT molecular complexity index is 171. The lowest BCUT2D eigenvalue weighted by atomic mass is 10.5. The van der Waals surface area contributed by atoms with Crippen LogP contribution in [0.5, 0.6) is 0 Å². The van der Waals surface area contributed by atoms with Crippen molar-refractivity contribution in [1.82, 2.24) is 0 Å². The smallest absolute Gasteiger partial charge is 0.0933 e. The zero-order valence-corrected chi connectivity index (χ0v) is 5.98. The Kier molecular flexibility index (Phi) is 1.91. The van der Waals surface area contributed by atoms with Crippen molar-refractivity contribution in [2.75, 3.05) is 0 Å². The topological polar surface area (TPSA) is 0 Å². The van der Waals surface area contributed by atoms with Gasteiger partial charge in [0.2, 0.25) is 0 Å². The Morgan fingerprint density at radius 2 is 2.38 bits per heavy atom. The van der Waals surface area contributed by atoms with Crippen LogP contribution >= 0.6 is 23.5 Å². The SMILES string of the molecule is Cc1ccc(SF)s1. The van der Waals surface area contributed by atoms with E-state index in [0.717, 1.165) is 9.09 Å². The first-order chi connectivity index (χ1) is 3.83. The molecule has 0 saturated carbocycles. The molecule has 0 radical (unpaired) electrons. The number of aryl methyl sites for hydroxylation is 1. The van der Waals surface area contributed by atoms with Gasteiger partial charge in [-0.2, -0.15) is 3.89 Å². The van der Waals surface area contributed by atoms with Crippen molar-refractivity contribution in [2.45, 2.75) is 11.1 Å². The van der Waals surface area contributed by atoms with Crippen molar-refractivity contribution in [1.29, 1.82) is 0 Å². The summed E-state index contributed by atoms with van der Waals surface area (Å²) in [7, 11) is 0. The first kappa shape index (κ1) is 6.11. The molecule has 0 aliphatic carbocycles. The van der Waals surface area contributed by atoms with Crippen molar-refractivity contribution < 1.29 is 3.89 Å². The lowest BCUT2D eigenvalue weighted by molar-refractivity contribution is 0.938. The second-order valence-corrected chi connectivity index (χ2v) is 3.58. The zero-order valence-electron chi connectivity index (χ0n) is 4.35. The fourth-order valence-corrected chi connectivity index (χ4v) is 1.68. The quantitative estimate of drug-likeness (QED) is 0.590. The summed E-state index contributed by atoms with van der Waals surface area (Å²) < 4.78 is 12.4. The molecule has 3 heteroatoms. The lowest BCUT2D eigenvalue weighted by Crippen LogP contribution is -1.43. The van der Waals surface area contributed by atoms with Gasteiger partial charge in [-0.05, 0) is 19.1 Å². The second-order valence-electron chi connectivity index (χ2n) is 1.44. The average molecular weight is 148 g/mol. The third-order valence-electron chi connectivity index (χ3n) is 0.792. The minimum atomic E-state index is 0.308. The molecule has 0 atom stereocenters. The van der Waals surface area contributed by atoms with E-state index >= 15 is 0 Å². The molecule has 1 aromatic heterocycles. The van der Waals surface area contributed by atoms with E-state index in [1.807, 2.05) is 13.0 Å². The van der Waals surface area contributed by atoms with Crippen molar-refractivity contribution in [2.24, 2.45) is 0 Å². The van der Waals surface area contributed by atoms with Gasteiger partial charge in [0.25, 0.3) is 0 Å². The van der Waals surface area contributed by atoms with E-state index in [2.05, 4.69) is 0 Å². The third kappa shape index (κ3) is 1.23. The summed E-state index contributed by atoms with van der Waals surface area (Å²) in [6.07, 6.45) is 0.